The van der Waals surface area contributed by atoms with Gasteiger partial charge in [0.1, 0.15) is 24.8 Å². The van der Waals surface area contributed by atoms with Crippen LogP contribution >= 0.6 is 11.6 Å². The monoisotopic (exact) mass is 646 g/mol. The Morgan fingerprint density at radius 1 is 1.07 bits per heavy atom. The summed E-state index contributed by atoms with van der Waals surface area (Å²) in [5.41, 5.74) is 12.8. The Morgan fingerprint density at radius 2 is 1.71 bits per heavy atom. The van der Waals surface area contributed by atoms with E-state index in [1.165, 1.54) is 16.7 Å². The van der Waals surface area contributed by atoms with Gasteiger partial charge in [0.25, 0.3) is 6.47 Å². The highest BCUT2D eigenvalue weighted by molar-refractivity contribution is 6.21. The van der Waals surface area contributed by atoms with E-state index in [9.17, 15) is 14.4 Å². The number of carbonyl (C=O) groups is 3. The van der Waals surface area contributed by atoms with Gasteiger partial charge in [0.15, 0.2) is 0 Å². The molecule has 0 fully saturated rings. The van der Waals surface area contributed by atoms with Crippen LogP contribution in [0.1, 0.15) is 51.7 Å². The summed E-state index contributed by atoms with van der Waals surface area (Å²) < 4.78 is 4.95. The fourth-order valence-corrected chi connectivity index (χ4v) is 4.16. The van der Waals surface area contributed by atoms with Crippen LogP contribution in [-0.4, -0.2) is 69.2 Å². The summed E-state index contributed by atoms with van der Waals surface area (Å²) >= 11 is 5.67. The van der Waals surface area contributed by atoms with Gasteiger partial charge in [0, 0.05) is 37.4 Å². The Kier molecular flexibility index (Phi) is 21.4. The van der Waals surface area contributed by atoms with Crippen molar-refractivity contribution in [3.8, 4) is 0 Å². The molecule has 0 aromatic heterocycles. The first-order valence-electron chi connectivity index (χ1n) is 14.8. The first-order chi connectivity index (χ1) is 21.5. The molecule has 2 amide bonds. The fraction of sp³-hybridized carbons (Fsp3) is 0.424. The molecular formula is C33H51ClN6O5. The number of hydrogen-bond donors (Lipinski definition) is 6. The molecule has 1 aliphatic carbocycles. The van der Waals surface area contributed by atoms with E-state index in [2.05, 4.69) is 64.7 Å². The van der Waals surface area contributed by atoms with Crippen LogP contribution in [0, 0.1) is 0 Å². The van der Waals surface area contributed by atoms with Gasteiger partial charge in [0.2, 0.25) is 11.8 Å². The SMILES string of the molecule is C=C(NC(C)C(=O)NC(C)C(=C)NCCNC(=O)CONC)C(N)Cl.C=CC1=C(/C=C\C)c2ccccc2C1COC=O.CC. The second-order valence-electron chi connectivity index (χ2n) is 9.46. The molecule has 0 radical (unpaired) electrons. The first kappa shape index (κ1) is 41.1. The summed E-state index contributed by atoms with van der Waals surface area (Å²) in [6, 6.07) is 7.35. The van der Waals surface area contributed by atoms with Gasteiger partial charge in [0.05, 0.1) is 6.04 Å². The highest BCUT2D eigenvalue weighted by atomic mass is 35.5. The molecule has 0 bridgehead atoms. The minimum atomic E-state index is -0.766. The average Bonchev–Trinajstić information content (AvgIpc) is 3.34. The van der Waals surface area contributed by atoms with Crippen molar-refractivity contribution in [2.24, 2.45) is 5.73 Å². The van der Waals surface area contributed by atoms with E-state index in [1.807, 2.05) is 45.1 Å². The lowest BCUT2D eigenvalue weighted by atomic mass is 9.97. The number of nitrogens with one attached hydrogen (secondary N) is 5. The summed E-state index contributed by atoms with van der Waals surface area (Å²) in [7, 11) is 1.57. The number of halogens is 1. The molecule has 7 N–H and O–H groups in total. The molecule has 11 nitrogen and oxygen atoms in total. The summed E-state index contributed by atoms with van der Waals surface area (Å²) in [6.07, 6.45) is 5.95. The lowest BCUT2D eigenvalue weighted by Crippen LogP contribution is -2.48. The number of hydrogen-bond acceptors (Lipinski definition) is 9. The van der Waals surface area contributed by atoms with E-state index in [0.717, 1.165) is 5.57 Å². The smallest absolute Gasteiger partial charge is 0.293 e. The van der Waals surface area contributed by atoms with Crippen molar-refractivity contribution in [2.75, 3.05) is 33.4 Å². The van der Waals surface area contributed by atoms with Crippen LogP contribution in [0.5, 0.6) is 0 Å². The van der Waals surface area contributed by atoms with Crippen molar-refractivity contribution < 1.29 is 24.0 Å². The zero-order valence-corrected chi connectivity index (χ0v) is 28.1. The van der Waals surface area contributed by atoms with Crippen LogP contribution in [0.3, 0.4) is 0 Å². The highest BCUT2D eigenvalue weighted by Crippen LogP contribution is 2.43. The molecule has 4 atom stereocenters. The van der Waals surface area contributed by atoms with Gasteiger partial charge in [-0.15, -0.1) is 0 Å². The van der Waals surface area contributed by atoms with Crippen LogP contribution in [0.2, 0.25) is 0 Å². The maximum absolute atomic E-state index is 12.1. The Balaban J connectivity index is 0.000000848. The van der Waals surface area contributed by atoms with E-state index in [4.69, 9.17) is 26.9 Å². The van der Waals surface area contributed by atoms with E-state index in [0.29, 0.717) is 37.6 Å². The Morgan fingerprint density at radius 3 is 2.29 bits per heavy atom. The molecule has 2 rings (SSSR count). The highest BCUT2D eigenvalue weighted by Gasteiger charge is 2.28. The molecule has 0 spiro atoms. The molecular weight excluding hydrogens is 596 g/mol. The van der Waals surface area contributed by atoms with Crippen molar-refractivity contribution in [3.05, 3.63) is 90.3 Å². The maximum atomic E-state index is 12.1. The molecule has 0 saturated heterocycles. The predicted octanol–water partition coefficient (Wildman–Crippen LogP) is 3.38. The lowest BCUT2D eigenvalue weighted by Gasteiger charge is -2.22. The number of amides is 2. The van der Waals surface area contributed by atoms with E-state index >= 15 is 0 Å². The standard InChI is InChI=1S/C16H16O2.C15H29ClN6O3.C2H6/c1-3-7-13-12(4-2)16(10-18-11-17)15-9-6-5-8-14(13)15;1-9(19-6-7-20-13(23)8-25-18-5)10(2)22-15(24)12(4)21-11(3)14(16)17;1-2/h3-9,11,16H,2,10H2,1H3;10,12,14,18-19,21H,1,3,6-8,17H2,2,4-5H3,(H,20,23)(H,22,24);1-2H3/b7-3-;;. The van der Waals surface area contributed by atoms with Crippen molar-refractivity contribution in [2.45, 2.75) is 58.1 Å². The topological polar surface area (TPSA) is 156 Å². The zero-order valence-electron chi connectivity index (χ0n) is 27.4. The van der Waals surface area contributed by atoms with Gasteiger partial charge in [-0.05, 0) is 43.0 Å². The van der Waals surface area contributed by atoms with Crippen LogP contribution in [0.15, 0.2) is 79.2 Å². The van der Waals surface area contributed by atoms with Crippen LogP contribution in [0.4, 0.5) is 0 Å². The van der Waals surface area contributed by atoms with E-state index in [-0.39, 0.29) is 30.4 Å². The second kappa shape index (κ2) is 23.5. The fourth-order valence-electron chi connectivity index (χ4n) is 4.09. The van der Waals surface area contributed by atoms with Crippen molar-refractivity contribution in [1.82, 2.24) is 26.7 Å². The van der Waals surface area contributed by atoms with Crippen LogP contribution in [0.25, 0.3) is 5.57 Å². The molecule has 1 aromatic carbocycles. The molecule has 0 saturated carbocycles. The third kappa shape index (κ3) is 14.6. The molecule has 0 heterocycles. The Hall–Kier alpha value is -3.90. The van der Waals surface area contributed by atoms with Gasteiger partial charge in [-0.2, -0.15) is 0 Å². The number of rotatable bonds is 18. The molecule has 1 aliphatic rings. The molecule has 1 aromatic rings. The zero-order chi connectivity index (χ0) is 34.4. The lowest BCUT2D eigenvalue weighted by molar-refractivity contribution is -0.129. The number of alkyl halides is 1. The van der Waals surface area contributed by atoms with Crippen molar-refractivity contribution >= 4 is 35.5 Å². The normalized spacial score (nSPS) is 15.1. The average molecular weight is 647 g/mol. The minimum Gasteiger partial charge on any atom is -0.467 e. The molecule has 4 unspecified atom stereocenters. The van der Waals surface area contributed by atoms with Gasteiger partial charge < -0.3 is 31.7 Å². The molecule has 12 heteroatoms. The molecule has 0 aliphatic heterocycles. The predicted molar refractivity (Wildman–Crippen MR) is 183 cm³/mol. The third-order valence-electron chi connectivity index (χ3n) is 6.35. The maximum Gasteiger partial charge on any atom is 0.293 e. The Labute approximate surface area is 273 Å². The number of carbonyl (C=O) groups excluding carboxylic acids is 3. The van der Waals surface area contributed by atoms with Gasteiger partial charge >= 0.3 is 0 Å². The number of nitrogens with two attached hydrogens (primary N) is 1. The summed E-state index contributed by atoms with van der Waals surface area (Å²) in [4.78, 5) is 38.6. The quantitative estimate of drug-likeness (QED) is 0.0463. The van der Waals surface area contributed by atoms with Gasteiger partial charge in [-0.1, -0.05) is 87.7 Å². The van der Waals surface area contributed by atoms with Crippen LogP contribution in [-0.2, 0) is 24.0 Å². The summed E-state index contributed by atoms with van der Waals surface area (Å²) in [5.74, 6) is -0.387. The van der Waals surface area contributed by atoms with E-state index in [1.54, 1.807) is 20.9 Å². The van der Waals surface area contributed by atoms with Crippen LogP contribution < -0.4 is 32.5 Å². The summed E-state index contributed by atoms with van der Waals surface area (Å²) in [6.45, 7) is 22.5. The van der Waals surface area contributed by atoms with Gasteiger partial charge in [-0.3, -0.25) is 19.2 Å². The van der Waals surface area contributed by atoms with Crippen molar-refractivity contribution in [1.29, 1.82) is 0 Å². The minimum absolute atomic E-state index is 0.0634. The molecule has 45 heavy (non-hydrogen) atoms. The first-order valence-corrected chi connectivity index (χ1v) is 15.2. The number of allylic oxidation sites excluding steroid dienone is 4. The van der Waals surface area contributed by atoms with E-state index < -0.39 is 11.5 Å². The van der Waals surface area contributed by atoms with Gasteiger partial charge in [-0.25, -0.2) is 5.48 Å². The third-order valence-corrected chi connectivity index (χ3v) is 6.62. The Bertz CT molecular complexity index is 1180. The number of ether oxygens (including phenoxy) is 1. The number of hydroxylamine groups is 1. The number of fused-ring (bicyclic) bond motifs is 1. The summed E-state index contributed by atoms with van der Waals surface area (Å²) in [5, 5.41) is 11.3. The number of benzene rings is 1. The molecule has 250 valence electrons. The van der Waals surface area contributed by atoms with Crippen molar-refractivity contribution in [3.63, 3.8) is 0 Å². The largest absolute Gasteiger partial charge is 0.467 e. The second-order valence-corrected chi connectivity index (χ2v) is 9.93.